The number of nitrogens with zero attached hydrogens (tertiary/aromatic N) is 6. The van der Waals surface area contributed by atoms with Gasteiger partial charge in [0.05, 0.1) is 18.1 Å². The van der Waals surface area contributed by atoms with E-state index in [1.165, 1.54) is 5.69 Å². The molecular formula is C23H31N7O. The predicted molar refractivity (Wildman–Crippen MR) is 123 cm³/mol. The van der Waals surface area contributed by atoms with E-state index in [0.717, 1.165) is 55.9 Å². The molecule has 2 aromatic heterocycles. The Morgan fingerprint density at radius 3 is 2.45 bits per heavy atom. The second-order valence-electron chi connectivity index (χ2n) is 7.92. The average molecular weight is 422 g/mol. The molecular weight excluding hydrogens is 390 g/mol. The van der Waals surface area contributed by atoms with E-state index in [1.807, 2.05) is 30.8 Å². The van der Waals surface area contributed by atoms with Gasteiger partial charge in [-0.3, -0.25) is 4.79 Å². The van der Waals surface area contributed by atoms with Gasteiger partial charge in [-0.2, -0.15) is 5.10 Å². The van der Waals surface area contributed by atoms with E-state index < -0.39 is 0 Å². The first-order valence-corrected chi connectivity index (χ1v) is 11.2. The van der Waals surface area contributed by atoms with Gasteiger partial charge < -0.3 is 15.1 Å². The fraction of sp³-hybridized carbons (Fsp3) is 0.478. The largest absolute Gasteiger partial charge is 0.368 e. The highest BCUT2D eigenvalue weighted by atomic mass is 16.1. The predicted octanol–water partition coefficient (Wildman–Crippen LogP) is 2.71. The topological polar surface area (TPSA) is 79.2 Å². The Kier molecular flexibility index (Phi) is 6.64. The molecule has 3 heterocycles. The van der Waals surface area contributed by atoms with Gasteiger partial charge in [0.1, 0.15) is 12.1 Å². The maximum atomic E-state index is 12.2. The van der Waals surface area contributed by atoms with Crippen LogP contribution >= 0.6 is 0 Å². The van der Waals surface area contributed by atoms with Gasteiger partial charge in [0.15, 0.2) is 5.65 Å². The molecule has 1 aromatic carbocycles. The lowest BCUT2D eigenvalue weighted by Gasteiger charge is -2.36. The van der Waals surface area contributed by atoms with Crippen LogP contribution in [0.25, 0.3) is 11.0 Å². The van der Waals surface area contributed by atoms with E-state index >= 15 is 0 Å². The molecule has 0 aliphatic carbocycles. The van der Waals surface area contributed by atoms with Crippen molar-refractivity contribution in [2.75, 3.05) is 42.5 Å². The minimum atomic E-state index is 0.0813. The number of aromatic nitrogens is 4. The van der Waals surface area contributed by atoms with Gasteiger partial charge >= 0.3 is 0 Å². The van der Waals surface area contributed by atoms with Crippen molar-refractivity contribution in [3.05, 3.63) is 42.9 Å². The first-order chi connectivity index (χ1) is 15.2. The standard InChI is InChI=1S/C23H31N7O/c1-3-18(4-2)23(31)24-10-11-30-22-20(16-27-30)21(25-17-26-22)29-14-12-28(13-15-29)19-8-6-5-7-9-19/h5-9,16-18H,3-4,10-15H2,1-2H3,(H,24,31). The smallest absolute Gasteiger partial charge is 0.223 e. The first kappa shape index (κ1) is 21.1. The molecule has 4 rings (SSSR count). The van der Waals surface area contributed by atoms with Gasteiger partial charge in [-0.05, 0) is 25.0 Å². The van der Waals surface area contributed by atoms with E-state index in [4.69, 9.17) is 0 Å². The van der Waals surface area contributed by atoms with Crippen molar-refractivity contribution < 1.29 is 4.79 Å². The van der Waals surface area contributed by atoms with Crippen LogP contribution in [0, 0.1) is 5.92 Å². The highest BCUT2D eigenvalue weighted by Crippen LogP contribution is 2.25. The second-order valence-corrected chi connectivity index (χ2v) is 7.92. The van der Waals surface area contributed by atoms with E-state index in [-0.39, 0.29) is 11.8 Å². The zero-order chi connectivity index (χ0) is 21.6. The maximum absolute atomic E-state index is 12.2. The van der Waals surface area contributed by atoms with Crippen molar-refractivity contribution in [3.8, 4) is 0 Å². The Balaban J connectivity index is 1.40. The zero-order valence-electron chi connectivity index (χ0n) is 18.4. The lowest BCUT2D eigenvalue weighted by molar-refractivity contribution is -0.125. The number of hydrogen-bond donors (Lipinski definition) is 1. The molecule has 1 aliphatic heterocycles. The Morgan fingerprint density at radius 2 is 1.74 bits per heavy atom. The molecule has 8 heteroatoms. The normalized spacial score (nSPS) is 14.4. The molecule has 0 atom stereocenters. The average Bonchev–Trinajstić information content (AvgIpc) is 3.24. The van der Waals surface area contributed by atoms with E-state index in [9.17, 15) is 4.79 Å². The maximum Gasteiger partial charge on any atom is 0.223 e. The summed E-state index contributed by atoms with van der Waals surface area (Å²) < 4.78 is 1.86. The first-order valence-electron chi connectivity index (χ1n) is 11.2. The molecule has 0 radical (unpaired) electrons. The van der Waals surface area contributed by atoms with Crippen LogP contribution < -0.4 is 15.1 Å². The molecule has 164 valence electrons. The summed E-state index contributed by atoms with van der Waals surface area (Å²) in [6.07, 6.45) is 5.18. The van der Waals surface area contributed by atoms with Crippen molar-refractivity contribution in [1.29, 1.82) is 0 Å². The SMILES string of the molecule is CCC(CC)C(=O)NCCn1ncc2c(N3CCN(c4ccccc4)CC3)ncnc21. The van der Waals surface area contributed by atoms with Gasteiger partial charge in [-0.15, -0.1) is 0 Å². The van der Waals surface area contributed by atoms with Crippen molar-refractivity contribution in [2.24, 2.45) is 5.92 Å². The number of nitrogens with one attached hydrogen (secondary N) is 1. The highest BCUT2D eigenvalue weighted by molar-refractivity contribution is 5.86. The van der Waals surface area contributed by atoms with Crippen LogP contribution in [0.5, 0.6) is 0 Å². The Labute approximate surface area is 183 Å². The molecule has 31 heavy (non-hydrogen) atoms. The third-order valence-electron chi connectivity index (χ3n) is 6.09. The van der Waals surface area contributed by atoms with Crippen LogP contribution in [-0.2, 0) is 11.3 Å². The molecule has 0 bridgehead atoms. The highest BCUT2D eigenvalue weighted by Gasteiger charge is 2.21. The number of rotatable bonds is 8. The summed E-state index contributed by atoms with van der Waals surface area (Å²) >= 11 is 0. The van der Waals surface area contributed by atoms with Crippen LogP contribution in [-0.4, -0.2) is 58.4 Å². The minimum Gasteiger partial charge on any atom is -0.368 e. The number of benzene rings is 1. The number of amides is 1. The summed E-state index contributed by atoms with van der Waals surface area (Å²) in [5.41, 5.74) is 2.07. The van der Waals surface area contributed by atoms with Crippen LogP contribution in [0.1, 0.15) is 26.7 Å². The Bertz CT molecular complexity index is 992. The van der Waals surface area contributed by atoms with Crippen LogP contribution in [0.15, 0.2) is 42.9 Å². The number of piperazine rings is 1. The van der Waals surface area contributed by atoms with Gasteiger partial charge in [-0.25, -0.2) is 14.6 Å². The van der Waals surface area contributed by atoms with Gasteiger partial charge in [-0.1, -0.05) is 32.0 Å². The van der Waals surface area contributed by atoms with Crippen molar-refractivity contribution in [2.45, 2.75) is 33.2 Å². The monoisotopic (exact) mass is 421 g/mol. The molecule has 0 unspecified atom stereocenters. The lowest BCUT2D eigenvalue weighted by atomic mass is 10.0. The number of anilines is 2. The molecule has 1 saturated heterocycles. The van der Waals surface area contributed by atoms with E-state index in [1.54, 1.807) is 6.33 Å². The van der Waals surface area contributed by atoms with Gasteiger partial charge in [0.25, 0.3) is 0 Å². The molecule has 1 fully saturated rings. The number of fused-ring (bicyclic) bond motifs is 1. The van der Waals surface area contributed by atoms with Crippen LogP contribution in [0.3, 0.4) is 0 Å². The Hall–Kier alpha value is -3.16. The fourth-order valence-corrected chi connectivity index (χ4v) is 4.20. The lowest BCUT2D eigenvalue weighted by Crippen LogP contribution is -2.46. The van der Waals surface area contributed by atoms with E-state index in [2.05, 4.69) is 54.4 Å². The molecule has 0 saturated carbocycles. The number of para-hydroxylation sites is 1. The molecule has 8 nitrogen and oxygen atoms in total. The van der Waals surface area contributed by atoms with Gasteiger partial charge in [0.2, 0.25) is 5.91 Å². The minimum absolute atomic E-state index is 0.0813. The molecule has 1 aliphatic rings. The number of hydrogen-bond acceptors (Lipinski definition) is 6. The van der Waals surface area contributed by atoms with Crippen LogP contribution in [0.2, 0.25) is 0 Å². The summed E-state index contributed by atoms with van der Waals surface area (Å²) in [6.45, 7) is 8.93. The van der Waals surface area contributed by atoms with Gasteiger partial charge in [0, 0.05) is 44.3 Å². The summed E-state index contributed by atoms with van der Waals surface area (Å²) in [5.74, 6) is 1.14. The summed E-state index contributed by atoms with van der Waals surface area (Å²) in [7, 11) is 0. The molecule has 3 aromatic rings. The summed E-state index contributed by atoms with van der Waals surface area (Å²) in [5, 5.41) is 8.51. The fourth-order valence-electron chi connectivity index (χ4n) is 4.20. The quantitative estimate of drug-likeness (QED) is 0.603. The second kappa shape index (κ2) is 9.76. The molecule has 1 amide bonds. The van der Waals surface area contributed by atoms with Crippen molar-refractivity contribution in [1.82, 2.24) is 25.1 Å². The summed E-state index contributed by atoms with van der Waals surface area (Å²) in [4.78, 5) is 26.0. The summed E-state index contributed by atoms with van der Waals surface area (Å²) in [6, 6.07) is 10.5. The van der Waals surface area contributed by atoms with Crippen molar-refractivity contribution >= 4 is 28.4 Å². The molecule has 1 N–H and O–H groups in total. The van der Waals surface area contributed by atoms with E-state index in [0.29, 0.717) is 13.1 Å². The number of carbonyl (C=O) groups excluding carboxylic acids is 1. The zero-order valence-corrected chi connectivity index (χ0v) is 18.4. The third-order valence-corrected chi connectivity index (χ3v) is 6.09. The third kappa shape index (κ3) is 4.62. The van der Waals surface area contributed by atoms with Crippen LogP contribution in [0.4, 0.5) is 11.5 Å². The Morgan fingerprint density at radius 1 is 1.03 bits per heavy atom. The van der Waals surface area contributed by atoms with Crippen molar-refractivity contribution in [3.63, 3.8) is 0 Å². The number of carbonyl (C=O) groups is 1. The molecule has 0 spiro atoms.